The molecule has 0 saturated heterocycles. The molecule has 1 N–H and O–H groups in total. The topological polar surface area (TPSA) is 29.1 Å². The largest absolute Gasteiger partial charge is 0.321 e. The van der Waals surface area contributed by atoms with Crippen LogP contribution in [0.15, 0.2) is 52.7 Å². The van der Waals surface area contributed by atoms with Crippen molar-refractivity contribution in [2.24, 2.45) is 0 Å². The normalized spacial score (nSPS) is 16.8. The van der Waals surface area contributed by atoms with Crippen molar-refractivity contribution in [2.45, 2.75) is 26.2 Å². The van der Waals surface area contributed by atoms with Crippen LogP contribution < -0.4 is 5.32 Å². The van der Waals surface area contributed by atoms with Crippen molar-refractivity contribution < 1.29 is 4.79 Å². The zero-order valence-electron chi connectivity index (χ0n) is 13.0. The van der Waals surface area contributed by atoms with Gasteiger partial charge in [-0.25, -0.2) is 0 Å². The summed E-state index contributed by atoms with van der Waals surface area (Å²) in [6, 6.07) is 10.4. The molecule has 1 aromatic heterocycles. The van der Waals surface area contributed by atoms with Crippen LogP contribution in [0.1, 0.15) is 37.5 Å². The Morgan fingerprint density at radius 1 is 1.09 bits per heavy atom. The summed E-state index contributed by atoms with van der Waals surface area (Å²) in [4.78, 5) is 12.1. The fraction of sp³-hybridized carbons (Fsp3) is 0.211. The number of hydrogen-bond donors (Lipinski definition) is 1. The third kappa shape index (κ3) is 3.04. The Hall–Kier alpha value is -2.13. The molecule has 1 aliphatic rings. The van der Waals surface area contributed by atoms with E-state index in [0.29, 0.717) is 5.57 Å². The highest BCUT2D eigenvalue weighted by atomic mass is 32.1. The van der Waals surface area contributed by atoms with Crippen LogP contribution in [0.2, 0.25) is 0 Å². The molecule has 3 rings (SSSR count). The summed E-state index contributed by atoms with van der Waals surface area (Å²) in [6.07, 6.45) is 3.84. The highest BCUT2D eigenvalue weighted by Crippen LogP contribution is 2.26. The Balaban J connectivity index is 1.88. The maximum Gasteiger partial charge on any atom is 0.255 e. The Kier molecular flexibility index (Phi) is 3.75. The monoisotopic (exact) mass is 309 g/mol. The predicted octanol–water partition coefficient (Wildman–Crippen LogP) is 4.60. The van der Waals surface area contributed by atoms with Gasteiger partial charge in [0.15, 0.2) is 0 Å². The molecule has 0 fully saturated rings. The lowest BCUT2D eigenvalue weighted by atomic mass is 9.86. The first-order valence-corrected chi connectivity index (χ1v) is 8.26. The van der Waals surface area contributed by atoms with E-state index in [4.69, 9.17) is 0 Å². The second-order valence-corrected chi connectivity index (χ2v) is 7.28. The van der Waals surface area contributed by atoms with Gasteiger partial charge in [0.1, 0.15) is 0 Å². The lowest BCUT2D eigenvalue weighted by Gasteiger charge is -2.19. The van der Waals surface area contributed by atoms with Crippen LogP contribution in [0.5, 0.6) is 0 Å². The van der Waals surface area contributed by atoms with Gasteiger partial charge in [0.2, 0.25) is 0 Å². The molecule has 112 valence electrons. The summed E-state index contributed by atoms with van der Waals surface area (Å²) in [5.41, 5.74) is 5.09. The average molecular weight is 309 g/mol. The van der Waals surface area contributed by atoms with Gasteiger partial charge in [-0.3, -0.25) is 4.79 Å². The van der Waals surface area contributed by atoms with E-state index in [0.717, 1.165) is 16.8 Å². The second-order valence-electron chi connectivity index (χ2n) is 6.50. The summed E-state index contributed by atoms with van der Waals surface area (Å²) >= 11 is 1.63. The molecule has 22 heavy (non-hydrogen) atoms. The maximum atomic E-state index is 12.1. The molecule has 2 aromatic rings. The second kappa shape index (κ2) is 5.58. The zero-order valence-corrected chi connectivity index (χ0v) is 13.8. The van der Waals surface area contributed by atoms with Crippen molar-refractivity contribution in [3.63, 3.8) is 0 Å². The van der Waals surface area contributed by atoms with Gasteiger partial charge in [0.25, 0.3) is 5.91 Å². The first-order chi connectivity index (χ1) is 10.4. The number of amides is 1. The smallest absolute Gasteiger partial charge is 0.255 e. The molecular formula is C19H19NOS. The van der Waals surface area contributed by atoms with Gasteiger partial charge in [-0.15, -0.1) is 0 Å². The number of carbonyl (C=O) groups excluding carboxylic acids is 1. The molecule has 2 nitrogen and oxygen atoms in total. The molecule has 1 amide bonds. The highest BCUT2D eigenvalue weighted by Gasteiger charge is 2.20. The lowest BCUT2D eigenvalue weighted by molar-refractivity contribution is -0.115. The summed E-state index contributed by atoms with van der Waals surface area (Å²) in [7, 11) is 0. The minimum absolute atomic E-state index is 0.0407. The van der Waals surface area contributed by atoms with Gasteiger partial charge in [-0.05, 0) is 51.1 Å². The van der Waals surface area contributed by atoms with Crippen molar-refractivity contribution in [1.82, 2.24) is 5.32 Å². The fourth-order valence-corrected chi connectivity index (χ4v) is 3.02. The average Bonchev–Trinajstić information content (AvgIpc) is 3.09. The summed E-state index contributed by atoms with van der Waals surface area (Å²) < 4.78 is 0. The molecule has 0 bridgehead atoms. The number of thiophene rings is 1. The molecule has 1 aliphatic heterocycles. The summed E-state index contributed by atoms with van der Waals surface area (Å²) in [6.45, 7) is 6.58. The van der Waals surface area contributed by atoms with Gasteiger partial charge in [0, 0.05) is 11.3 Å². The van der Waals surface area contributed by atoms with Gasteiger partial charge in [0.05, 0.1) is 0 Å². The van der Waals surface area contributed by atoms with Crippen LogP contribution in [0, 0.1) is 0 Å². The van der Waals surface area contributed by atoms with Crippen molar-refractivity contribution in [2.75, 3.05) is 0 Å². The summed E-state index contributed by atoms with van der Waals surface area (Å²) in [5.74, 6) is -0.0407. The number of nitrogens with one attached hydrogen (secondary N) is 1. The van der Waals surface area contributed by atoms with E-state index in [1.165, 1.54) is 5.56 Å². The third-order valence-corrected chi connectivity index (χ3v) is 4.44. The Labute approximate surface area is 135 Å². The maximum absolute atomic E-state index is 12.1. The molecule has 0 radical (unpaired) electrons. The first kappa shape index (κ1) is 14.8. The highest BCUT2D eigenvalue weighted by molar-refractivity contribution is 7.08. The number of rotatable bonds is 2. The van der Waals surface area contributed by atoms with Crippen molar-refractivity contribution in [1.29, 1.82) is 0 Å². The molecule has 3 heteroatoms. The molecule has 0 spiro atoms. The Morgan fingerprint density at radius 2 is 1.82 bits per heavy atom. The number of hydrogen-bond acceptors (Lipinski definition) is 2. The van der Waals surface area contributed by atoms with E-state index >= 15 is 0 Å². The molecule has 0 saturated carbocycles. The predicted molar refractivity (Wildman–Crippen MR) is 93.6 cm³/mol. The SMILES string of the molecule is CC(C)(C)c1ccc(C2=CC(=Cc3ccsc3)C(=O)N2)cc1. The third-order valence-electron chi connectivity index (χ3n) is 3.74. The van der Waals surface area contributed by atoms with Gasteiger partial charge in [-0.2, -0.15) is 11.3 Å². The van der Waals surface area contributed by atoms with Crippen molar-refractivity contribution in [3.8, 4) is 0 Å². The molecular weight excluding hydrogens is 290 g/mol. The van der Waals surface area contributed by atoms with Gasteiger partial charge >= 0.3 is 0 Å². The van der Waals surface area contributed by atoms with Crippen molar-refractivity contribution in [3.05, 3.63) is 69.4 Å². The zero-order chi connectivity index (χ0) is 15.7. The molecule has 1 aromatic carbocycles. The molecule has 0 aliphatic carbocycles. The fourth-order valence-electron chi connectivity index (χ4n) is 2.40. The van der Waals surface area contributed by atoms with E-state index in [1.807, 2.05) is 29.0 Å². The Bertz CT molecular complexity index is 744. The van der Waals surface area contributed by atoms with Crippen LogP contribution in [-0.2, 0) is 10.2 Å². The Morgan fingerprint density at radius 3 is 2.41 bits per heavy atom. The van der Waals surface area contributed by atoms with E-state index < -0.39 is 0 Å². The van der Waals surface area contributed by atoms with E-state index in [-0.39, 0.29) is 11.3 Å². The van der Waals surface area contributed by atoms with Gasteiger partial charge in [-0.1, -0.05) is 45.0 Å². The van der Waals surface area contributed by atoms with Crippen LogP contribution in [0.4, 0.5) is 0 Å². The van der Waals surface area contributed by atoms with Crippen LogP contribution >= 0.6 is 11.3 Å². The van der Waals surface area contributed by atoms with E-state index in [9.17, 15) is 4.79 Å². The lowest BCUT2D eigenvalue weighted by Crippen LogP contribution is -2.16. The number of benzene rings is 1. The standard InChI is InChI=1S/C19H19NOS/c1-19(2,3)16-6-4-14(5-7-16)17-11-15(18(21)20-17)10-13-8-9-22-12-13/h4-12H,1-3H3,(H,20,21). The minimum atomic E-state index is -0.0407. The molecule has 2 heterocycles. The van der Waals surface area contributed by atoms with Crippen molar-refractivity contribution >= 4 is 29.0 Å². The minimum Gasteiger partial charge on any atom is -0.321 e. The van der Waals surface area contributed by atoms with E-state index in [1.54, 1.807) is 11.3 Å². The summed E-state index contributed by atoms with van der Waals surface area (Å²) in [5, 5.41) is 6.99. The molecule has 0 unspecified atom stereocenters. The van der Waals surface area contributed by atoms with Crippen LogP contribution in [-0.4, -0.2) is 5.91 Å². The van der Waals surface area contributed by atoms with Crippen LogP contribution in [0.3, 0.4) is 0 Å². The van der Waals surface area contributed by atoms with Gasteiger partial charge < -0.3 is 5.32 Å². The van der Waals surface area contributed by atoms with E-state index in [2.05, 4.69) is 50.4 Å². The molecule has 0 atom stereocenters. The first-order valence-electron chi connectivity index (χ1n) is 7.31. The quantitative estimate of drug-likeness (QED) is 0.807. The van der Waals surface area contributed by atoms with Crippen LogP contribution in [0.25, 0.3) is 11.8 Å². The number of carbonyl (C=O) groups is 1.